The summed E-state index contributed by atoms with van der Waals surface area (Å²) in [5.41, 5.74) is 0. The van der Waals surface area contributed by atoms with Gasteiger partial charge in [0.1, 0.15) is 18.3 Å². The number of unbranched alkanes of at least 4 members (excludes halogenated alkanes) is 25. The van der Waals surface area contributed by atoms with Gasteiger partial charge in [-0.1, -0.05) is 182 Å². The van der Waals surface area contributed by atoms with Crippen LogP contribution in [0.25, 0.3) is 0 Å². The number of hydrogen-bond acceptors (Lipinski definition) is 7. The topological polar surface area (TPSA) is 85.4 Å². The predicted molar refractivity (Wildman–Crippen MR) is 285 cm³/mol. The Morgan fingerprint density at radius 1 is 0.373 bits per heavy atom. The molecule has 0 saturated carbocycles. The average Bonchev–Trinajstić information content (AvgIpc) is 3.85. The number of carbonyl (C=O) groups excluding carboxylic acids is 3. The largest absolute Gasteiger partial charge is 0.462 e. The van der Waals surface area contributed by atoms with Gasteiger partial charge in [0.2, 0.25) is 0 Å². The van der Waals surface area contributed by atoms with Crippen LogP contribution < -0.4 is 0 Å². The van der Waals surface area contributed by atoms with Gasteiger partial charge in [-0.25, -0.2) is 4.79 Å². The molecule has 0 aromatic carbocycles. The summed E-state index contributed by atoms with van der Waals surface area (Å²) in [6, 6.07) is 0. The zero-order valence-corrected chi connectivity index (χ0v) is 45.5. The predicted octanol–water partition coefficient (Wildman–Crippen LogP) is 17.8. The van der Waals surface area contributed by atoms with Crippen LogP contribution in [0.4, 0.5) is 4.79 Å². The Hall–Kier alpha value is -1.83. The van der Waals surface area contributed by atoms with E-state index in [0.29, 0.717) is 12.8 Å². The number of carbonyl (C=O) groups is 3. The zero-order valence-electron chi connectivity index (χ0n) is 45.5. The molecular weight excluding hydrogens is 833 g/mol. The molecule has 8 nitrogen and oxygen atoms in total. The highest BCUT2D eigenvalue weighted by Gasteiger charge is 2.22. The first-order valence-corrected chi connectivity index (χ1v) is 29.9. The third-order valence-corrected chi connectivity index (χ3v) is 14.3. The van der Waals surface area contributed by atoms with Crippen molar-refractivity contribution in [3.8, 4) is 0 Å². The first-order chi connectivity index (χ1) is 32.9. The summed E-state index contributed by atoms with van der Waals surface area (Å²) < 4.78 is 18.5. The van der Waals surface area contributed by atoms with Gasteiger partial charge in [0.05, 0.1) is 0 Å². The van der Waals surface area contributed by atoms with Gasteiger partial charge >= 0.3 is 18.0 Å². The van der Waals surface area contributed by atoms with Gasteiger partial charge in [0.15, 0.2) is 0 Å². The lowest BCUT2D eigenvalue weighted by molar-refractivity contribution is -0.151. The molecule has 0 bridgehead atoms. The Balaban J connectivity index is 2.60. The second-order valence-electron chi connectivity index (χ2n) is 20.9. The van der Waals surface area contributed by atoms with Crippen molar-refractivity contribution < 1.29 is 28.6 Å². The van der Waals surface area contributed by atoms with E-state index in [1.807, 2.05) is 4.90 Å². The van der Waals surface area contributed by atoms with Gasteiger partial charge in [-0.2, -0.15) is 0 Å². The quantitative estimate of drug-likeness (QED) is 0.0341. The second kappa shape index (κ2) is 47.8. The molecule has 1 fully saturated rings. The smallest absolute Gasteiger partial charge is 0.410 e. The lowest BCUT2D eigenvalue weighted by Crippen LogP contribution is -2.37. The van der Waals surface area contributed by atoms with Gasteiger partial charge in [0, 0.05) is 25.9 Å². The third kappa shape index (κ3) is 39.6. The van der Waals surface area contributed by atoms with E-state index in [1.165, 1.54) is 116 Å². The molecule has 0 atom stereocenters. The lowest BCUT2D eigenvalue weighted by atomic mass is 10.0. The number of hydrogen-bond donors (Lipinski definition) is 0. The zero-order chi connectivity index (χ0) is 48.7. The minimum atomic E-state index is -0.102. The van der Waals surface area contributed by atoms with Gasteiger partial charge in [0.25, 0.3) is 0 Å². The molecule has 67 heavy (non-hydrogen) atoms. The van der Waals surface area contributed by atoms with Crippen LogP contribution in [0.3, 0.4) is 0 Å². The molecule has 8 heteroatoms. The highest BCUT2D eigenvalue weighted by Crippen LogP contribution is 2.22. The third-order valence-electron chi connectivity index (χ3n) is 14.3. The minimum Gasteiger partial charge on any atom is -0.462 e. The molecule has 0 spiro atoms. The number of esters is 2. The molecule has 0 aromatic heterocycles. The van der Waals surface area contributed by atoms with Crippen molar-refractivity contribution in [2.24, 2.45) is 0 Å². The van der Waals surface area contributed by atoms with Crippen LogP contribution in [0.5, 0.6) is 0 Å². The van der Waals surface area contributed by atoms with E-state index in [9.17, 15) is 14.4 Å². The Bertz CT molecular complexity index is 1020. The first kappa shape index (κ1) is 63.2. The molecule has 0 aromatic rings. The molecule has 396 valence electrons. The fourth-order valence-corrected chi connectivity index (χ4v) is 9.90. The van der Waals surface area contributed by atoms with E-state index in [2.05, 4.69) is 39.5 Å². The molecule has 1 aliphatic rings. The van der Waals surface area contributed by atoms with Gasteiger partial charge in [-0.3, -0.25) is 9.59 Å². The number of nitrogens with zero attached hydrogens (tertiary/aromatic N) is 2. The number of likely N-dealkylation sites (tertiary alicyclic amines) is 1. The van der Waals surface area contributed by atoms with Crippen LogP contribution in [0.15, 0.2) is 0 Å². The van der Waals surface area contributed by atoms with Crippen molar-refractivity contribution in [1.29, 1.82) is 0 Å². The summed E-state index contributed by atoms with van der Waals surface area (Å²) in [7, 11) is 0. The molecule has 1 saturated heterocycles. The Labute approximate surface area is 416 Å². The molecule has 0 N–H and O–H groups in total. The van der Waals surface area contributed by atoms with E-state index >= 15 is 0 Å². The van der Waals surface area contributed by atoms with Crippen molar-refractivity contribution in [3.63, 3.8) is 0 Å². The van der Waals surface area contributed by atoms with Crippen LogP contribution in [-0.4, -0.2) is 78.9 Å². The van der Waals surface area contributed by atoms with Crippen molar-refractivity contribution >= 4 is 18.0 Å². The van der Waals surface area contributed by atoms with E-state index in [4.69, 9.17) is 14.2 Å². The molecule has 1 rings (SSSR count). The van der Waals surface area contributed by atoms with E-state index < -0.39 is 0 Å². The molecule has 0 aliphatic carbocycles. The standard InChI is InChI=1S/C59H114N2O6/c1-6-11-16-29-41-54(42-30-17-12-7-2)65-57(62)47-35-27-23-21-25-33-45-56(67-59(64)61(52-37-20-15-10-5)53-40-51-60-49-38-39-50-60)46-34-26-22-24-28-36-48-58(63)66-55(43-31-18-13-8-3)44-32-19-14-9-4/h54-56H,6-53H2,1-5H3. The monoisotopic (exact) mass is 947 g/mol. The second-order valence-corrected chi connectivity index (χ2v) is 20.9. The number of rotatable bonds is 50. The van der Waals surface area contributed by atoms with Gasteiger partial charge in [-0.05, 0) is 135 Å². The van der Waals surface area contributed by atoms with Crippen LogP contribution >= 0.6 is 0 Å². The van der Waals surface area contributed by atoms with Crippen molar-refractivity contribution in [2.75, 3.05) is 32.7 Å². The molecular formula is C59H114N2O6. The molecule has 1 aliphatic heterocycles. The number of amides is 1. The van der Waals surface area contributed by atoms with E-state index in [0.717, 1.165) is 180 Å². The molecule has 1 heterocycles. The summed E-state index contributed by atoms with van der Waals surface area (Å²) in [6.07, 6.45) is 47.8. The maximum absolute atomic E-state index is 13.8. The molecule has 0 unspecified atom stereocenters. The number of ether oxygens (including phenoxy) is 3. The average molecular weight is 948 g/mol. The highest BCUT2D eigenvalue weighted by molar-refractivity contribution is 5.70. The van der Waals surface area contributed by atoms with Crippen molar-refractivity contribution in [2.45, 2.75) is 329 Å². The van der Waals surface area contributed by atoms with Crippen LogP contribution in [0.1, 0.15) is 311 Å². The van der Waals surface area contributed by atoms with Crippen LogP contribution in [0.2, 0.25) is 0 Å². The molecule has 0 radical (unpaired) electrons. The normalized spacial score (nSPS) is 13.1. The van der Waals surface area contributed by atoms with Gasteiger partial charge < -0.3 is 24.0 Å². The fraction of sp³-hybridized carbons (Fsp3) is 0.949. The summed E-state index contributed by atoms with van der Waals surface area (Å²) >= 11 is 0. The Morgan fingerprint density at radius 2 is 0.672 bits per heavy atom. The summed E-state index contributed by atoms with van der Waals surface area (Å²) in [5.74, 6) is 0.00202. The maximum atomic E-state index is 13.8. The van der Waals surface area contributed by atoms with Crippen LogP contribution in [0, 0.1) is 0 Å². The summed E-state index contributed by atoms with van der Waals surface area (Å²) in [4.78, 5) is 44.0. The minimum absolute atomic E-state index is 0.00101. The SMILES string of the molecule is CCCCCCC(CCCCCC)OC(=O)CCCCCCCCC(CCCCCCCCC(=O)OC(CCCCCC)CCCCCC)OC(=O)N(CCCCCC)CCCN1CCCC1. The van der Waals surface area contributed by atoms with Gasteiger partial charge in [-0.15, -0.1) is 0 Å². The Kier molecular flexibility index (Phi) is 45.1. The van der Waals surface area contributed by atoms with E-state index in [1.54, 1.807) is 0 Å². The van der Waals surface area contributed by atoms with Crippen molar-refractivity contribution in [3.05, 3.63) is 0 Å². The maximum Gasteiger partial charge on any atom is 0.410 e. The van der Waals surface area contributed by atoms with Crippen molar-refractivity contribution in [1.82, 2.24) is 9.80 Å². The summed E-state index contributed by atoms with van der Waals surface area (Å²) in [5, 5.41) is 0. The fourth-order valence-electron chi connectivity index (χ4n) is 9.90. The first-order valence-electron chi connectivity index (χ1n) is 29.9. The van der Waals surface area contributed by atoms with Crippen LogP contribution in [-0.2, 0) is 23.8 Å². The lowest BCUT2D eigenvalue weighted by Gasteiger charge is -2.27. The van der Waals surface area contributed by atoms with E-state index in [-0.39, 0.29) is 36.3 Å². The highest BCUT2D eigenvalue weighted by atomic mass is 16.6. The molecule has 1 amide bonds. The summed E-state index contributed by atoms with van der Waals surface area (Å²) in [6.45, 7) is 16.3. The Morgan fingerprint density at radius 3 is 1.04 bits per heavy atom.